The number of halogens is 7. The molecule has 2 atom stereocenters. The van der Waals surface area contributed by atoms with Gasteiger partial charge in [-0.05, 0) is 17.7 Å². The highest BCUT2D eigenvalue weighted by Crippen LogP contribution is 2.70. The Bertz CT molecular complexity index is 778. The summed E-state index contributed by atoms with van der Waals surface area (Å²) in [4.78, 5) is 0. The Morgan fingerprint density at radius 2 is 1.25 bits per heavy atom. The zero-order valence-corrected chi connectivity index (χ0v) is 13.5. The lowest BCUT2D eigenvalue weighted by molar-refractivity contribution is 0.369. The molecule has 2 aromatic rings. The smallest absolute Gasteiger partial charge is 0.200 e. The van der Waals surface area contributed by atoms with Gasteiger partial charge in [0.15, 0.2) is 23.3 Å². The molecular weight excluding hydrogens is 374 g/mol. The van der Waals surface area contributed by atoms with Crippen molar-refractivity contribution in [2.75, 3.05) is 7.11 Å². The molecule has 0 saturated heterocycles. The van der Waals surface area contributed by atoms with Crippen LogP contribution in [0.4, 0.5) is 22.0 Å². The maximum Gasteiger partial charge on any atom is 0.200 e. The van der Waals surface area contributed by atoms with Crippen LogP contribution in [0.25, 0.3) is 0 Å². The van der Waals surface area contributed by atoms with E-state index in [0.717, 1.165) is 0 Å². The Kier molecular flexibility index (Phi) is 4.16. The Morgan fingerprint density at radius 1 is 0.792 bits per heavy atom. The maximum absolute atomic E-state index is 14.0. The molecule has 0 heterocycles. The van der Waals surface area contributed by atoms with E-state index in [0.29, 0.717) is 11.3 Å². The topological polar surface area (TPSA) is 9.23 Å². The van der Waals surface area contributed by atoms with Crippen LogP contribution in [0.3, 0.4) is 0 Å². The van der Waals surface area contributed by atoms with Crippen molar-refractivity contribution in [2.45, 2.75) is 16.2 Å². The molecule has 8 heteroatoms. The van der Waals surface area contributed by atoms with Gasteiger partial charge in [0.25, 0.3) is 0 Å². The molecule has 24 heavy (non-hydrogen) atoms. The van der Waals surface area contributed by atoms with Crippen molar-refractivity contribution < 1.29 is 26.7 Å². The highest BCUT2D eigenvalue weighted by molar-refractivity contribution is 6.52. The first kappa shape index (κ1) is 17.3. The van der Waals surface area contributed by atoms with E-state index in [1.807, 2.05) is 0 Å². The van der Waals surface area contributed by atoms with Gasteiger partial charge in [-0.3, -0.25) is 0 Å². The molecule has 0 radical (unpaired) electrons. The van der Waals surface area contributed by atoms with Gasteiger partial charge in [-0.1, -0.05) is 12.1 Å². The molecule has 0 N–H and O–H groups in total. The summed E-state index contributed by atoms with van der Waals surface area (Å²) in [5, 5.41) is 0. The highest BCUT2D eigenvalue weighted by atomic mass is 35.5. The summed E-state index contributed by atoms with van der Waals surface area (Å²) < 4.78 is 71.3. The van der Waals surface area contributed by atoms with Gasteiger partial charge < -0.3 is 4.74 Å². The summed E-state index contributed by atoms with van der Waals surface area (Å²) in [6.45, 7) is 0. The maximum atomic E-state index is 14.0. The third-order valence-electron chi connectivity index (χ3n) is 4.08. The van der Waals surface area contributed by atoms with Crippen LogP contribution in [0.15, 0.2) is 24.3 Å². The molecule has 1 nitrogen and oxygen atoms in total. The van der Waals surface area contributed by atoms with Crippen LogP contribution in [0.1, 0.15) is 23.0 Å². The van der Waals surface area contributed by atoms with Crippen molar-refractivity contribution in [3.63, 3.8) is 0 Å². The predicted molar refractivity (Wildman–Crippen MR) is 79.1 cm³/mol. The van der Waals surface area contributed by atoms with Gasteiger partial charge in [-0.2, -0.15) is 0 Å². The van der Waals surface area contributed by atoms with E-state index in [1.54, 1.807) is 24.3 Å². The monoisotopic (exact) mass is 382 g/mol. The van der Waals surface area contributed by atoms with E-state index in [1.165, 1.54) is 7.11 Å². The van der Waals surface area contributed by atoms with Crippen molar-refractivity contribution in [2.24, 2.45) is 0 Å². The number of benzene rings is 2. The quantitative estimate of drug-likeness (QED) is 0.297. The van der Waals surface area contributed by atoms with Crippen LogP contribution < -0.4 is 4.74 Å². The first-order chi connectivity index (χ1) is 11.2. The van der Waals surface area contributed by atoms with Crippen molar-refractivity contribution in [1.82, 2.24) is 0 Å². The van der Waals surface area contributed by atoms with Crippen LogP contribution in [0.2, 0.25) is 0 Å². The van der Waals surface area contributed by atoms with Gasteiger partial charge in [0.1, 0.15) is 10.1 Å². The molecule has 1 fully saturated rings. The average Bonchev–Trinajstić information content (AvgIpc) is 3.13. The van der Waals surface area contributed by atoms with Crippen molar-refractivity contribution in [1.29, 1.82) is 0 Å². The first-order valence-corrected chi connectivity index (χ1v) is 7.50. The number of hydrogen-bond donors (Lipinski definition) is 0. The third-order valence-corrected chi connectivity index (χ3v) is 5.02. The van der Waals surface area contributed by atoms with Crippen LogP contribution in [-0.2, 0) is 0 Å². The summed E-state index contributed by atoms with van der Waals surface area (Å²) >= 11 is 12.1. The van der Waals surface area contributed by atoms with Crippen molar-refractivity contribution >= 4 is 23.2 Å². The molecule has 0 amide bonds. The molecule has 1 aliphatic carbocycles. The number of methoxy groups -OCH3 is 1. The number of alkyl halides is 2. The second-order valence-corrected chi connectivity index (χ2v) is 6.83. The molecule has 0 aliphatic heterocycles. The molecule has 2 aromatic carbocycles. The van der Waals surface area contributed by atoms with Crippen LogP contribution in [-0.4, -0.2) is 11.4 Å². The summed E-state index contributed by atoms with van der Waals surface area (Å²) in [7, 11) is 1.46. The highest BCUT2D eigenvalue weighted by Gasteiger charge is 2.66. The van der Waals surface area contributed by atoms with E-state index in [2.05, 4.69) is 0 Å². The normalized spacial score (nSPS) is 21.7. The first-order valence-electron chi connectivity index (χ1n) is 6.74. The number of rotatable bonds is 3. The Balaban J connectivity index is 2.07. The minimum Gasteiger partial charge on any atom is -0.497 e. The van der Waals surface area contributed by atoms with E-state index < -0.39 is 50.8 Å². The molecule has 2 unspecified atom stereocenters. The minimum absolute atomic E-state index is 0.495. The Hall–Kier alpha value is -1.53. The zero-order chi connectivity index (χ0) is 17.8. The standard InChI is InChI=1S/C16H9Cl2F5O/c1-24-7-4-2-6(3-5-7)9-10(16(9,17)18)8-11(19)13(21)15(23)14(22)12(8)20/h2-5,9-10H,1H3. The molecule has 3 rings (SSSR count). The lowest BCUT2D eigenvalue weighted by Gasteiger charge is -2.08. The largest absolute Gasteiger partial charge is 0.497 e. The summed E-state index contributed by atoms with van der Waals surface area (Å²) in [5.41, 5.74) is -0.507. The molecule has 1 saturated carbocycles. The van der Waals surface area contributed by atoms with Crippen LogP contribution >= 0.6 is 23.2 Å². The minimum atomic E-state index is -2.22. The van der Waals surface area contributed by atoms with Gasteiger partial charge in [0, 0.05) is 17.4 Å². The van der Waals surface area contributed by atoms with Gasteiger partial charge >= 0.3 is 0 Å². The SMILES string of the molecule is COc1ccc(C2C(c3c(F)c(F)c(F)c(F)c3F)C2(Cl)Cl)cc1. The van der Waals surface area contributed by atoms with Gasteiger partial charge in [0.05, 0.1) is 7.11 Å². The molecule has 1 aliphatic rings. The van der Waals surface area contributed by atoms with Crippen LogP contribution in [0, 0.1) is 29.1 Å². The van der Waals surface area contributed by atoms with Crippen LogP contribution in [0.5, 0.6) is 5.75 Å². The number of ether oxygens (including phenoxy) is 1. The fourth-order valence-electron chi connectivity index (χ4n) is 2.81. The molecule has 0 spiro atoms. The summed E-state index contributed by atoms with van der Waals surface area (Å²) in [6, 6.07) is 6.28. The Morgan fingerprint density at radius 3 is 1.71 bits per heavy atom. The van der Waals surface area contributed by atoms with E-state index in [9.17, 15) is 22.0 Å². The Labute approximate surface area is 143 Å². The second-order valence-electron chi connectivity index (χ2n) is 5.39. The summed E-state index contributed by atoms with van der Waals surface area (Å²) in [5.74, 6) is -11.6. The second kappa shape index (κ2) is 5.77. The lowest BCUT2D eigenvalue weighted by atomic mass is 10.0. The molecule has 0 bridgehead atoms. The molecule has 0 aromatic heterocycles. The van der Waals surface area contributed by atoms with E-state index in [4.69, 9.17) is 27.9 Å². The molecular formula is C16H9Cl2F5O. The van der Waals surface area contributed by atoms with Gasteiger partial charge in [-0.25, -0.2) is 22.0 Å². The fourth-order valence-corrected chi connectivity index (χ4v) is 3.65. The lowest BCUT2D eigenvalue weighted by Crippen LogP contribution is -2.08. The molecule has 128 valence electrons. The van der Waals surface area contributed by atoms with Gasteiger partial charge in [0.2, 0.25) is 5.82 Å². The van der Waals surface area contributed by atoms with E-state index >= 15 is 0 Å². The third kappa shape index (κ3) is 2.43. The predicted octanol–water partition coefficient (Wildman–Crippen LogP) is 5.45. The fraction of sp³-hybridized carbons (Fsp3) is 0.250. The van der Waals surface area contributed by atoms with E-state index in [-0.39, 0.29) is 0 Å². The zero-order valence-electron chi connectivity index (χ0n) is 12.0. The summed E-state index contributed by atoms with van der Waals surface area (Å²) in [6.07, 6.45) is 0. The number of hydrogen-bond acceptors (Lipinski definition) is 1. The van der Waals surface area contributed by atoms with Gasteiger partial charge in [-0.15, -0.1) is 23.2 Å². The average molecular weight is 383 g/mol. The van der Waals surface area contributed by atoms with Crippen molar-refractivity contribution in [3.8, 4) is 5.75 Å². The van der Waals surface area contributed by atoms with Crippen molar-refractivity contribution in [3.05, 3.63) is 64.5 Å².